The number of benzene rings is 2. The van der Waals surface area contributed by atoms with E-state index in [4.69, 9.17) is 15.2 Å². The molecule has 0 saturated carbocycles. The molecule has 0 radical (unpaired) electrons. The zero-order valence-electron chi connectivity index (χ0n) is 11.1. The number of fused-ring (bicyclic) bond motifs is 1. The van der Waals surface area contributed by atoms with Crippen LogP contribution in [0.2, 0.25) is 0 Å². The fraction of sp³-hybridized carbons (Fsp3) is 0.0714. The third-order valence-corrected chi connectivity index (χ3v) is 4.34. The van der Waals surface area contributed by atoms with Gasteiger partial charge in [-0.2, -0.15) is 8.42 Å². The average molecular weight is 304 g/mol. The van der Waals surface area contributed by atoms with E-state index in [-0.39, 0.29) is 10.8 Å². The van der Waals surface area contributed by atoms with Gasteiger partial charge in [-0.3, -0.25) is 0 Å². The highest BCUT2D eigenvalue weighted by atomic mass is 32.2. The second kappa shape index (κ2) is 4.78. The molecule has 108 valence electrons. The van der Waals surface area contributed by atoms with Crippen LogP contribution in [0.4, 0.5) is 5.69 Å². The molecule has 0 aromatic heterocycles. The van der Waals surface area contributed by atoms with Crippen LogP contribution in [0.15, 0.2) is 51.8 Å². The third-order valence-electron chi connectivity index (χ3n) is 3.02. The summed E-state index contributed by atoms with van der Waals surface area (Å²) in [6.45, 7) is 0. The standard InChI is InChI=1S/C14H12N2O4S/c1-19-9-6-7-12(11(15)8-9)20-14-10-4-2-3-5-13(10)21(17,18)16-14/h2-8H,15H2,1H3. The lowest BCUT2D eigenvalue weighted by molar-refractivity contribution is 0.414. The Labute approximate surface area is 121 Å². The topological polar surface area (TPSA) is 91.0 Å². The summed E-state index contributed by atoms with van der Waals surface area (Å²) in [5, 5.41) is 0. The SMILES string of the molecule is COc1ccc(OC2=NS(=O)(=O)c3ccccc32)c(N)c1. The van der Waals surface area contributed by atoms with Crippen LogP contribution >= 0.6 is 0 Å². The number of sulfonamides is 1. The molecule has 0 bridgehead atoms. The van der Waals surface area contributed by atoms with Crippen molar-refractivity contribution in [2.24, 2.45) is 4.40 Å². The van der Waals surface area contributed by atoms with E-state index >= 15 is 0 Å². The first-order valence-corrected chi connectivity index (χ1v) is 7.51. The van der Waals surface area contributed by atoms with E-state index in [1.54, 1.807) is 36.4 Å². The molecule has 21 heavy (non-hydrogen) atoms. The van der Waals surface area contributed by atoms with Gasteiger partial charge in [-0.25, -0.2) is 0 Å². The Morgan fingerprint density at radius 1 is 1.14 bits per heavy atom. The van der Waals surface area contributed by atoms with Gasteiger partial charge in [0, 0.05) is 6.07 Å². The fourth-order valence-electron chi connectivity index (χ4n) is 2.00. The molecule has 0 saturated heterocycles. The summed E-state index contributed by atoms with van der Waals surface area (Å²) in [6.07, 6.45) is 0. The monoisotopic (exact) mass is 304 g/mol. The molecule has 2 N–H and O–H groups in total. The molecule has 0 amide bonds. The lowest BCUT2D eigenvalue weighted by Crippen LogP contribution is -2.09. The minimum atomic E-state index is -3.70. The van der Waals surface area contributed by atoms with Gasteiger partial charge in [-0.1, -0.05) is 12.1 Å². The van der Waals surface area contributed by atoms with Crippen LogP contribution in [0, 0.1) is 0 Å². The van der Waals surface area contributed by atoms with Gasteiger partial charge in [0.15, 0.2) is 5.75 Å². The van der Waals surface area contributed by atoms with E-state index in [1.165, 1.54) is 13.2 Å². The van der Waals surface area contributed by atoms with Crippen LogP contribution in [-0.4, -0.2) is 21.4 Å². The zero-order valence-corrected chi connectivity index (χ0v) is 11.9. The molecule has 1 aliphatic heterocycles. The van der Waals surface area contributed by atoms with Gasteiger partial charge < -0.3 is 15.2 Å². The Morgan fingerprint density at radius 2 is 1.90 bits per heavy atom. The van der Waals surface area contributed by atoms with E-state index in [9.17, 15) is 8.42 Å². The minimum absolute atomic E-state index is 0.0162. The fourth-order valence-corrected chi connectivity index (χ4v) is 3.14. The number of rotatable bonds is 2. The van der Waals surface area contributed by atoms with Crippen LogP contribution in [0.25, 0.3) is 0 Å². The third kappa shape index (κ3) is 2.31. The Bertz CT molecular complexity index is 844. The van der Waals surface area contributed by atoms with Gasteiger partial charge in [-0.05, 0) is 24.3 Å². The first kappa shape index (κ1) is 13.4. The second-order valence-corrected chi connectivity index (χ2v) is 5.95. The largest absolute Gasteiger partial charge is 0.497 e. The van der Waals surface area contributed by atoms with Crippen LogP contribution in [0.3, 0.4) is 0 Å². The van der Waals surface area contributed by atoms with Crippen molar-refractivity contribution in [3.8, 4) is 11.5 Å². The van der Waals surface area contributed by atoms with Crippen molar-refractivity contribution in [3.63, 3.8) is 0 Å². The number of hydrogen-bond donors (Lipinski definition) is 1. The smallest absolute Gasteiger partial charge is 0.286 e. The molecule has 0 fully saturated rings. The van der Waals surface area contributed by atoms with E-state index < -0.39 is 10.0 Å². The van der Waals surface area contributed by atoms with Crippen LogP contribution in [0.1, 0.15) is 5.56 Å². The zero-order chi connectivity index (χ0) is 15.0. The minimum Gasteiger partial charge on any atom is -0.497 e. The quantitative estimate of drug-likeness (QED) is 0.854. The van der Waals surface area contributed by atoms with Crippen molar-refractivity contribution >= 4 is 21.6 Å². The number of anilines is 1. The predicted molar refractivity (Wildman–Crippen MR) is 78.2 cm³/mol. The molecule has 6 nitrogen and oxygen atoms in total. The summed E-state index contributed by atoms with van der Waals surface area (Å²) >= 11 is 0. The number of hydrogen-bond acceptors (Lipinski definition) is 5. The predicted octanol–water partition coefficient (Wildman–Crippen LogP) is 1.81. The molecular weight excluding hydrogens is 292 g/mol. The second-order valence-electron chi connectivity index (χ2n) is 4.37. The van der Waals surface area contributed by atoms with Crippen molar-refractivity contribution in [2.75, 3.05) is 12.8 Å². The average Bonchev–Trinajstić information content (AvgIpc) is 2.73. The summed E-state index contributed by atoms with van der Waals surface area (Å²) in [7, 11) is -2.18. The van der Waals surface area contributed by atoms with Crippen molar-refractivity contribution in [2.45, 2.75) is 4.90 Å². The maximum absolute atomic E-state index is 11.9. The van der Waals surface area contributed by atoms with Crippen molar-refractivity contribution in [3.05, 3.63) is 48.0 Å². The molecule has 0 aliphatic carbocycles. The molecule has 7 heteroatoms. The van der Waals surface area contributed by atoms with Gasteiger partial charge in [0.1, 0.15) is 10.6 Å². The van der Waals surface area contributed by atoms with E-state index in [1.807, 2.05) is 0 Å². The van der Waals surface area contributed by atoms with Crippen molar-refractivity contribution < 1.29 is 17.9 Å². The Morgan fingerprint density at radius 3 is 2.62 bits per heavy atom. The first-order chi connectivity index (χ1) is 10.0. The van der Waals surface area contributed by atoms with E-state index in [0.717, 1.165) is 0 Å². The van der Waals surface area contributed by atoms with E-state index in [0.29, 0.717) is 22.7 Å². The normalized spacial score (nSPS) is 15.2. The summed E-state index contributed by atoms with van der Waals surface area (Å²) < 4.78 is 38.1. The molecule has 0 atom stereocenters. The molecule has 3 rings (SSSR count). The molecule has 1 heterocycles. The molecule has 2 aromatic carbocycles. The number of nitrogens with two attached hydrogens (primary N) is 1. The van der Waals surface area contributed by atoms with Gasteiger partial charge in [0.2, 0.25) is 5.90 Å². The summed E-state index contributed by atoms with van der Waals surface area (Å²) in [4.78, 5) is 0.132. The van der Waals surface area contributed by atoms with Crippen molar-refractivity contribution in [1.82, 2.24) is 0 Å². The van der Waals surface area contributed by atoms with E-state index in [2.05, 4.69) is 4.40 Å². The molecule has 2 aromatic rings. The summed E-state index contributed by atoms with van der Waals surface area (Å²) in [5.41, 5.74) is 6.61. The van der Waals surface area contributed by atoms with Crippen LogP contribution in [-0.2, 0) is 10.0 Å². The first-order valence-electron chi connectivity index (χ1n) is 6.07. The highest BCUT2D eigenvalue weighted by Gasteiger charge is 2.30. The Balaban J connectivity index is 2.00. The molecule has 0 spiro atoms. The number of nitrogens with zero attached hydrogens (tertiary/aromatic N) is 1. The van der Waals surface area contributed by atoms with Gasteiger partial charge in [0.25, 0.3) is 10.0 Å². The lowest BCUT2D eigenvalue weighted by atomic mass is 10.2. The van der Waals surface area contributed by atoms with Crippen molar-refractivity contribution in [1.29, 1.82) is 0 Å². The molecule has 0 unspecified atom stereocenters. The lowest BCUT2D eigenvalue weighted by Gasteiger charge is -2.09. The highest BCUT2D eigenvalue weighted by Crippen LogP contribution is 2.31. The number of nitrogen functional groups attached to an aromatic ring is 1. The van der Waals surface area contributed by atoms with Crippen LogP contribution in [0.5, 0.6) is 11.5 Å². The maximum atomic E-state index is 11.9. The maximum Gasteiger partial charge on any atom is 0.286 e. The molecule has 1 aliphatic rings. The Hall–Kier alpha value is -2.54. The number of ether oxygens (including phenoxy) is 2. The van der Waals surface area contributed by atoms with Gasteiger partial charge in [0.05, 0.1) is 18.4 Å². The van der Waals surface area contributed by atoms with Crippen LogP contribution < -0.4 is 15.2 Å². The molecular formula is C14H12N2O4S. The summed E-state index contributed by atoms with van der Waals surface area (Å²) in [5.74, 6) is 0.921. The Kier molecular flexibility index (Phi) is 3.06. The summed E-state index contributed by atoms with van der Waals surface area (Å²) in [6, 6.07) is 11.3. The number of methoxy groups -OCH3 is 1. The van der Waals surface area contributed by atoms with Gasteiger partial charge >= 0.3 is 0 Å². The highest BCUT2D eigenvalue weighted by molar-refractivity contribution is 7.90. The van der Waals surface area contributed by atoms with Gasteiger partial charge in [-0.15, -0.1) is 4.40 Å².